The van der Waals surface area contributed by atoms with Crippen molar-refractivity contribution in [2.75, 3.05) is 11.9 Å². The molecule has 0 aromatic heterocycles. The van der Waals surface area contributed by atoms with Gasteiger partial charge in [0.1, 0.15) is 0 Å². The van der Waals surface area contributed by atoms with Gasteiger partial charge in [0, 0.05) is 5.69 Å². The van der Waals surface area contributed by atoms with Crippen LogP contribution in [-0.4, -0.2) is 17.8 Å². The van der Waals surface area contributed by atoms with Crippen LogP contribution in [0.25, 0.3) is 0 Å². The largest absolute Gasteiger partial charge is 0.394 e. The summed E-state index contributed by atoms with van der Waals surface area (Å²) in [4.78, 5) is 0. The summed E-state index contributed by atoms with van der Waals surface area (Å²) in [6.07, 6.45) is 2.23. The summed E-state index contributed by atoms with van der Waals surface area (Å²) in [5.74, 6) is 0.430. The van der Waals surface area contributed by atoms with E-state index in [1.165, 1.54) is 5.56 Å². The van der Waals surface area contributed by atoms with Crippen LogP contribution in [0, 0.1) is 5.92 Å². The standard InChI is InChI=1S/C14H23NO/c1-4-7-12-8-5-6-9-13(12)15-14(10-16)11(2)3/h5-6,8-9,11,14-16H,4,7,10H2,1-3H3/t14-/m1/s1. The minimum Gasteiger partial charge on any atom is -0.394 e. The quantitative estimate of drug-likeness (QED) is 0.773. The van der Waals surface area contributed by atoms with Crippen LogP contribution in [0.3, 0.4) is 0 Å². The Kier molecular flexibility index (Phi) is 5.33. The van der Waals surface area contributed by atoms with Crippen LogP contribution >= 0.6 is 0 Å². The highest BCUT2D eigenvalue weighted by Gasteiger charge is 2.12. The topological polar surface area (TPSA) is 32.3 Å². The molecule has 0 fully saturated rings. The molecule has 1 rings (SSSR count). The summed E-state index contributed by atoms with van der Waals surface area (Å²) in [5.41, 5.74) is 2.50. The van der Waals surface area contributed by atoms with Crippen LogP contribution in [0.2, 0.25) is 0 Å². The summed E-state index contributed by atoms with van der Waals surface area (Å²) in [6.45, 7) is 6.60. The lowest BCUT2D eigenvalue weighted by atomic mass is 10.0. The van der Waals surface area contributed by atoms with Gasteiger partial charge in [-0.15, -0.1) is 0 Å². The predicted molar refractivity (Wildman–Crippen MR) is 69.8 cm³/mol. The smallest absolute Gasteiger partial charge is 0.0635 e. The van der Waals surface area contributed by atoms with Gasteiger partial charge in [0.25, 0.3) is 0 Å². The second-order valence-electron chi connectivity index (χ2n) is 4.58. The summed E-state index contributed by atoms with van der Waals surface area (Å²) in [5, 5.41) is 12.7. The third-order valence-electron chi connectivity index (χ3n) is 2.88. The van der Waals surface area contributed by atoms with E-state index in [0.29, 0.717) is 5.92 Å². The number of hydrogen-bond acceptors (Lipinski definition) is 2. The number of rotatable bonds is 6. The molecule has 2 nitrogen and oxygen atoms in total. The maximum atomic E-state index is 9.32. The molecule has 0 radical (unpaired) electrons. The van der Waals surface area contributed by atoms with E-state index >= 15 is 0 Å². The Labute approximate surface area is 98.7 Å². The van der Waals surface area contributed by atoms with Crippen molar-refractivity contribution < 1.29 is 5.11 Å². The van der Waals surface area contributed by atoms with Crippen molar-refractivity contribution in [1.29, 1.82) is 0 Å². The fourth-order valence-corrected chi connectivity index (χ4v) is 1.77. The van der Waals surface area contributed by atoms with E-state index in [-0.39, 0.29) is 12.6 Å². The molecule has 2 heteroatoms. The molecule has 0 heterocycles. The zero-order valence-corrected chi connectivity index (χ0v) is 10.5. The van der Waals surface area contributed by atoms with Gasteiger partial charge in [-0.1, -0.05) is 45.4 Å². The van der Waals surface area contributed by atoms with Gasteiger partial charge in [0.05, 0.1) is 12.6 Å². The summed E-state index contributed by atoms with van der Waals surface area (Å²) >= 11 is 0. The molecule has 1 atom stereocenters. The number of para-hydroxylation sites is 1. The fourth-order valence-electron chi connectivity index (χ4n) is 1.77. The summed E-state index contributed by atoms with van der Waals surface area (Å²) in [7, 11) is 0. The van der Waals surface area contributed by atoms with Gasteiger partial charge in [0.15, 0.2) is 0 Å². The monoisotopic (exact) mass is 221 g/mol. The summed E-state index contributed by atoms with van der Waals surface area (Å²) in [6, 6.07) is 8.49. The van der Waals surface area contributed by atoms with Crippen LogP contribution < -0.4 is 5.32 Å². The van der Waals surface area contributed by atoms with E-state index < -0.39 is 0 Å². The minimum absolute atomic E-state index is 0.137. The van der Waals surface area contributed by atoms with Crippen molar-refractivity contribution in [1.82, 2.24) is 0 Å². The van der Waals surface area contributed by atoms with E-state index in [9.17, 15) is 5.11 Å². The van der Waals surface area contributed by atoms with Crippen molar-refractivity contribution in [2.45, 2.75) is 39.7 Å². The zero-order valence-electron chi connectivity index (χ0n) is 10.5. The first kappa shape index (κ1) is 13.0. The molecule has 0 bridgehead atoms. The van der Waals surface area contributed by atoms with Crippen molar-refractivity contribution in [3.63, 3.8) is 0 Å². The minimum atomic E-state index is 0.137. The number of aliphatic hydroxyl groups excluding tert-OH is 1. The fraction of sp³-hybridized carbons (Fsp3) is 0.571. The number of hydrogen-bond donors (Lipinski definition) is 2. The lowest BCUT2D eigenvalue weighted by Crippen LogP contribution is -2.29. The van der Waals surface area contributed by atoms with Crippen LogP contribution in [0.15, 0.2) is 24.3 Å². The second-order valence-corrected chi connectivity index (χ2v) is 4.58. The average molecular weight is 221 g/mol. The first-order valence-corrected chi connectivity index (χ1v) is 6.14. The Hall–Kier alpha value is -1.02. The van der Waals surface area contributed by atoms with Crippen LogP contribution in [-0.2, 0) is 6.42 Å². The van der Waals surface area contributed by atoms with E-state index in [2.05, 4.69) is 44.3 Å². The molecule has 2 N–H and O–H groups in total. The maximum absolute atomic E-state index is 9.32. The van der Waals surface area contributed by atoms with Crippen LogP contribution in [0.5, 0.6) is 0 Å². The van der Waals surface area contributed by atoms with Gasteiger partial charge >= 0.3 is 0 Å². The van der Waals surface area contributed by atoms with Crippen molar-refractivity contribution in [2.24, 2.45) is 5.92 Å². The molecule has 0 aliphatic carbocycles. The first-order chi connectivity index (χ1) is 7.69. The average Bonchev–Trinajstić information content (AvgIpc) is 2.27. The highest BCUT2D eigenvalue weighted by molar-refractivity contribution is 5.51. The molecule has 0 unspecified atom stereocenters. The molecule has 0 aliphatic heterocycles. The number of benzene rings is 1. The third-order valence-corrected chi connectivity index (χ3v) is 2.88. The first-order valence-electron chi connectivity index (χ1n) is 6.14. The molecule has 16 heavy (non-hydrogen) atoms. The molecule has 1 aromatic rings. The van der Waals surface area contributed by atoms with E-state index in [1.807, 2.05) is 6.07 Å². The maximum Gasteiger partial charge on any atom is 0.0635 e. The molecule has 0 saturated carbocycles. The SMILES string of the molecule is CCCc1ccccc1N[C@H](CO)C(C)C. The molecule has 0 spiro atoms. The Bertz CT molecular complexity index is 309. The van der Waals surface area contributed by atoms with Crippen molar-refractivity contribution >= 4 is 5.69 Å². The summed E-state index contributed by atoms with van der Waals surface area (Å²) < 4.78 is 0. The van der Waals surface area contributed by atoms with Gasteiger partial charge < -0.3 is 10.4 Å². The number of aryl methyl sites for hydroxylation is 1. The van der Waals surface area contributed by atoms with Crippen molar-refractivity contribution in [3.05, 3.63) is 29.8 Å². The predicted octanol–water partition coefficient (Wildman–Crippen LogP) is 3.07. The lowest BCUT2D eigenvalue weighted by Gasteiger charge is -2.23. The Balaban J connectivity index is 2.78. The molecular formula is C14H23NO. The number of aliphatic hydroxyl groups is 1. The normalized spacial score (nSPS) is 12.8. The Morgan fingerprint density at radius 3 is 2.50 bits per heavy atom. The third kappa shape index (κ3) is 3.53. The van der Waals surface area contributed by atoms with E-state index in [1.54, 1.807) is 0 Å². The molecule has 0 amide bonds. The number of anilines is 1. The molecule has 0 saturated heterocycles. The zero-order chi connectivity index (χ0) is 12.0. The van der Waals surface area contributed by atoms with Crippen LogP contribution in [0.4, 0.5) is 5.69 Å². The molecule has 0 aliphatic rings. The Morgan fingerprint density at radius 2 is 1.94 bits per heavy atom. The highest BCUT2D eigenvalue weighted by atomic mass is 16.3. The molecular weight excluding hydrogens is 198 g/mol. The second kappa shape index (κ2) is 6.54. The van der Waals surface area contributed by atoms with Gasteiger partial charge in [0.2, 0.25) is 0 Å². The van der Waals surface area contributed by atoms with Crippen LogP contribution in [0.1, 0.15) is 32.8 Å². The van der Waals surface area contributed by atoms with Gasteiger partial charge in [-0.25, -0.2) is 0 Å². The molecule has 90 valence electrons. The molecule has 1 aromatic carbocycles. The Morgan fingerprint density at radius 1 is 1.25 bits per heavy atom. The van der Waals surface area contributed by atoms with Crippen molar-refractivity contribution in [3.8, 4) is 0 Å². The highest BCUT2D eigenvalue weighted by Crippen LogP contribution is 2.19. The van der Waals surface area contributed by atoms with E-state index in [4.69, 9.17) is 0 Å². The van der Waals surface area contributed by atoms with E-state index in [0.717, 1.165) is 18.5 Å². The van der Waals surface area contributed by atoms with Gasteiger partial charge in [-0.2, -0.15) is 0 Å². The van der Waals surface area contributed by atoms with Gasteiger partial charge in [-0.05, 0) is 24.0 Å². The van der Waals surface area contributed by atoms with Gasteiger partial charge in [-0.3, -0.25) is 0 Å². The number of nitrogens with one attached hydrogen (secondary N) is 1. The lowest BCUT2D eigenvalue weighted by molar-refractivity contribution is 0.249.